The van der Waals surface area contributed by atoms with Gasteiger partial charge in [0, 0.05) is 17.8 Å². The van der Waals surface area contributed by atoms with Crippen LogP contribution in [-0.4, -0.2) is 5.78 Å². The second kappa shape index (κ2) is 15.3. The van der Waals surface area contributed by atoms with Crippen molar-refractivity contribution in [2.24, 2.45) is 0 Å². The molecule has 0 unspecified atom stereocenters. The molecular formula is C24H40N2O. The highest BCUT2D eigenvalue weighted by atomic mass is 16.1. The molecule has 0 aromatic heterocycles. The molecule has 0 aliphatic carbocycles. The third-order valence-electron chi connectivity index (χ3n) is 5.07. The zero-order valence-corrected chi connectivity index (χ0v) is 17.3. The van der Waals surface area contributed by atoms with E-state index in [1.807, 2.05) is 0 Å². The molecule has 0 saturated carbocycles. The van der Waals surface area contributed by atoms with E-state index in [1.54, 1.807) is 18.2 Å². The first-order chi connectivity index (χ1) is 13.2. The van der Waals surface area contributed by atoms with Crippen molar-refractivity contribution in [2.75, 3.05) is 11.5 Å². The molecule has 1 aromatic carbocycles. The molecule has 0 spiro atoms. The van der Waals surface area contributed by atoms with E-state index >= 15 is 0 Å². The molecule has 4 N–H and O–H groups in total. The summed E-state index contributed by atoms with van der Waals surface area (Å²) in [5.41, 5.74) is 13.2. The van der Waals surface area contributed by atoms with Crippen molar-refractivity contribution in [1.82, 2.24) is 0 Å². The summed E-state index contributed by atoms with van der Waals surface area (Å²) < 4.78 is 0. The number of hydrogen-bond acceptors (Lipinski definition) is 3. The van der Waals surface area contributed by atoms with Crippen LogP contribution in [0.5, 0.6) is 0 Å². The highest BCUT2D eigenvalue weighted by Gasteiger charge is 2.12. The van der Waals surface area contributed by atoms with Crippen LogP contribution in [0.3, 0.4) is 0 Å². The highest BCUT2D eigenvalue weighted by Crippen LogP contribution is 2.22. The summed E-state index contributed by atoms with van der Waals surface area (Å²) in [4.78, 5) is 12.3. The average molecular weight is 373 g/mol. The van der Waals surface area contributed by atoms with Crippen LogP contribution in [0.4, 0.5) is 11.4 Å². The molecule has 152 valence electrons. The van der Waals surface area contributed by atoms with E-state index in [0.29, 0.717) is 23.4 Å². The maximum Gasteiger partial charge on any atom is 0.167 e. The van der Waals surface area contributed by atoms with Crippen LogP contribution in [-0.2, 0) is 0 Å². The summed E-state index contributed by atoms with van der Waals surface area (Å²) >= 11 is 0. The summed E-state index contributed by atoms with van der Waals surface area (Å²) in [7, 11) is 0. The van der Waals surface area contributed by atoms with Gasteiger partial charge in [0.25, 0.3) is 0 Å². The number of unbranched alkanes of at least 4 members (excludes halogenated alkanes) is 11. The van der Waals surface area contributed by atoms with Crippen LogP contribution in [0.25, 0.3) is 0 Å². The van der Waals surface area contributed by atoms with Gasteiger partial charge >= 0.3 is 0 Å². The van der Waals surface area contributed by atoms with Crippen molar-refractivity contribution >= 4 is 17.2 Å². The number of anilines is 2. The zero-order chi connectivity index (χ0) is 19.7. The van der Waals surface area contributed by atoms with E-state index < -0.39 is 0 Å². The van der Waals surface area contributed by atoms with Crippen LogP contribution in [0.1, 0.15) is 107 Å². The van der Waals surface area contributed by atoms with E-state index in [2.05, 4.69) is 19.1 Å². The van der Waals surface area contributed by atoms with Crippen LogP contribution >= 0.6 is 0 Å². The lowest BCUT2D eigenvalue weighted by Crippen LogP contribution is -2.07. The second-order valence-corrected chi connectivity index (χ2v) is 7.57. The second-order valence-electron chi connectivity index (χ2n) is 7.57. The lowest BCUT2D eigenvalue weighted by Gasteiger charge is -2.07. The molecular weight excluding hydrogens is 332 g/mol. The molecule has 0 atom stereocenters. The Morgan fingerprint density at radius 2 is 1.26 bits per heavy atom. The van der Waals surface area contributed by atoms with Gasteiger partial charge in [0.1, 0.15) is 0 Å². The first kappa shape index (κ1) is 23.3. The molecule has 3 nitrogen and oxygen atoms in total. The van der Waals surface area contributed by atoms with Gasteiger partial charge in [-0.25, -0.2) is 0 Å². The van der Waals surface area contributed by atoms with Gasteiger partial charge < -0.3 is 11.5 Å². The third-order valence-corrected chi connectivity index (χ3v) is 5.07. The Labute approximate surface area is 166 Å². The number of nitrogens with two attached hydrogens (primary N) is 2. The van der Waals surface area contributed by atoms with Crippen molar-refractivity contribution < 1.29 is 4.79 Å². The summed E-state index contributed by atoms with van der Waals surface area (Å²) in [6, 6.07) is 5.26. The summed E-state index contributed by atoms with van der Waals surface area (Å²) in [5, 5.41) is 0. The molecule has 0 fully saturated rings. The molecule has 0 heterocycles. The number of carbonyl (C=O) groups is 1. The normalized spacial score (nSPS) is 11.3. The van der Waals surface area contributed by atoms with Crippen LogP contribution in [0.15, 0.2) is 30.4 Å². The Balaban J connectivity index is 1.96. The maximum absolute atomic E-state index is 12.3. The first-order valence-electron chi connectivity index (χ1n) is 11.0. The number of hydrogen-bond donors (Lipinski definition) is 2. The molecule has 0 bridgehead atoms. The average Bonchev–Trinajstić information content (AvgIpc) is 2.64. The summed E-state index contributed by atoms with van der Waals surface area (Å²) in [5.74, 6) is 0.0724. The van der Waals surface area contributed by atoms with Gasteiger partial charge in [-0.15, -0.1) is 0 Å². The van der Waals surface area contributed by atoms with Crippen molar-refractivity contribution in [3.8, 4) is 0 Å². The zero-order valence-electron chi connectivity index (χ0n) is 17.3. The van der Waals surface area contributed by atoms with Gasteiger partial charge in [-0.1, -0.05) is 76.5 Å². The van der Waals surface area contributed by atoms with Gasteiger partial charge in [-0.2, -0.15) is 0 Å². The third kappa shape index (κ3) is 10.8. The monoisotopic (exact) mass is 372 g/mol. The van der Waals surface area contributed by atoms with Crippen molar-refractivity contribution in [1.29, 1.82) is 0 Å². The molecule has 1 rings (SSSR count). The molecule has 27 heavy (non-hydrogen) atoms. The number of nitrogen functional groups attached to an aromatic ring is 2. The Kier molecular flexibility index (Phi) is 13.2. The van der Waals surface area contributed by atoms with E-state index in [9.17, 15) is 4.79 Å². The molecule has 0 aliphatic heterocycles. The van der Waals surface area contributed by atoms with Crippen molar-refractivity contribution in [2.45, 2.75) is 96.8 Å². The van der Waals surface area contributed by atoms with Crippen LogP contribution in [0.2, 0.25) is 0 Å². The molecule has 0 amide bonds. The smallest absolute Gasteiger partial charge is 0.167 e. The van der Waals surface area contributed by atoms with Gasteiger partial charge in [-0.05, 0) is 44.2 Å². The van der Waals surface area contributed by atoms with Gasteiger partial charge in [0.2, 0.25) is 0 Å². The first-order valence-corrected chi connectivity index (χ1v) is 11.0. The fourth-order valence-electron chi connectivity index (χ4n) is 3.39. The van der Waals surface area contributed by atoms with E-state index in [4.69, 9.17) is 11.5 Å². The quantitative estimate of drug-likeness (QED) is 0.141. The predicted octanol–water partition coefficient (Wildman–Crippen LogP) is 7.07. The maximum atomic E-state index is 12.3. The minimum absolute atomic E-state index is 0.0724. The van der Waals surface area contributed by atoms with Crippen LogP contribution in [0, 0.1) is 0 Å². The summed E-state index contributed by atoms with van der Waals surface area (Å²) in [6.45, 7) is 2.26. The topological polar surface area (TPSA) is 69.1 Å². The number of allylic oxidation sites excluding steroid dienone is 2. The molecule has 0 saturated heterocycles. The Hall–Kier alpha value is -1.77. The Morgan fingerprint density at radius 3 is 1.81 bits per heavy atom. The number of benzene rings is 1. The minimum atomic E-state index is 0.0724. The lowest BCUT2D eigenvalue weighted by molar-refractivity contribution is 0.0981. The number of carbonyl (C=O) groups excluding carboxylic acids is 1. The van der Waals surface area contributed by atoms with Crippen molar-refractivity contribution in [3.05, 3.63) is 35.9 Å². The number of ketones is 1. The van der Waals surface area contributed by atoms with Gasteiger partial charge in [0.05, 0.1) is 5.56 Å². The number of Topliss-reactive ketones (excluding diaryl/α,β-unsaturated/α-hetero) is 1. The minimum Gasteiger partial charge on any atom is -0.398 e. The lowest BCUT2D eigenvalue weighted by atomic mass is 10.0. The molecule has 0 aliphatic rings. The van der Waals surface area contributed by atoms with E-state index in [1.165, 1.54) is 70.6 Å². The van der Waals surface area contributed by atoms with Crippen LogP contribution < -0.4 is 11.5 Å². The Morgan fingerprint density at radius 1 is 0.778 bits per heavy atom. The SMILES string of the molecule is CCCCCCCC/C=C\CCCCCCCC(=O)c1c(N)cccc1N. The summed E-state index contributed by atoms with van der Waals surface area (Å²) in [6.07, 6.45) is 21.6. The standard InChI is InChI=1S/C24H40N2O/c1-2-3-4-5-6-7-8-9-10-11-12-13-14-15-16-20-23(27)24-21(25)18-17-19-22(24)26/h9-10,17-19H,2-8,11-16,20,25-26H2,1H3/b10-9-. The van der Waals surface area contributed by atoms with E-state index in [-0.39, 0.29) is 5.78 Å². The fraction of sp³-hybridized carbons (Fsp3) is 0.625. The number of rotatable bonds is 16. The molecule has 3 heteroatoms. The fourth-order valence-corrected chi connectivity index (χ4v) is 3.39. The van der Waals surface area contributed by atoms with Crippen molar-refractivity contribution in [3.63, 3.8) is 0 Å². The molecule has 0 radical (unpaired) electrons. The largest absolute Gasteiger partial charge is 0.398 e. The predicted molar refractivity (Wildman–Crippen MR) is 119 cm³/mol. The van der Waals surface area contributed by atoms with Gasteiger partial charge in [-0.3, -0.25) is 4.79 Å². The van der Waals surface area contributed by atoms with E-state index in [0.717, 1.165) is 12.8 Å². The van der Waals surface area contributed by atoms with Gasteiger partial charge in [0.15, 0.2) is 5.78 Å². The Bertz CT molecular complexity index is 531. The highest BCUT2D eigenvalue weighted by molar-refractivity contribution is 6.05. The molecule has 1 aromatic rings.